The summed E-state index contributed by atoms with van der Waals surface area (Å²) < 4.78 is 27.8. The largest absolute Gasteiger partial charge is 0.243 e. The van der Waals surface area contributed by atoms with Gasteiger partial charge in [-0.25, -0.2) is 8.42 Å². The predicted octanol–water partition coefficient (Wildman–Crippen LogP) is 4.14. The Balaban J connectivity index is 2.00. The smallest absolute Gasteiger partial charge is 0.207 e. The molecule has 3 nitrogen and oxygen atoms in total. The summed E-state index contributed by atoms with van der Waals surface area (Å²) >= 11 is 0. The maximum absolute atomic E-state index is 13.1. The summed E-state index contributed by atoms with van der Waals surface area (Å²) in [6, 6.07) is 11.5. The van der Waals surface area contributed by atoms with Crippen LogP contribution in [0.4, 0.5) is 0 Å². The Morgan fingerprint density at radius 1 is 0.917 bits per heavy atom. The first-order chi connectivity index (χ1) is 11.4. The molecule has 1 heterocycles. The third kappa shape index (κ3) is 3.40. The Kier molecular flexibility index (Phi) is 4.79. The number of nitrogens with zero attached hydrogens (tertiary/aromatic N) is 1. The van der Waals surface area contributed by atoms with Crippen LogP contribution in [0.1, 0.15) is 40.7 Å². The lowest BCUT2D eigenvalue weighted by atomic mass is 9.94. The van der Waals surface area contributed by atoms with Crippen LogP contribution in [0.25, 0.3) is 0 Å². The first kappa shape index (κ1) is 17.2. The summed E-state index contributed by atoms with van der Waals surface area (Å²) in [7, 11) is -3.45. The van der Waals surface area contributed by atoms with Gasteiger partial charge in [-0.05, 0) is 68.9 Å². The van der Waals surface area contributed by atoms with Crippen molar-refractivity contribution in [2.45, 2.75) is 51.5 Å². The third-order valence-corrected chi connectivity index (χ3v) is 6.67. The van der Waals surface area contributed by atoms with Gasteiger partial charge in [0.05, 0.1) is 4.90 Å². The third-order valence-electron chi connectivity index (χ3n) is 4.81. The summed E-state index contributed by atoms with van der Waals surface area (Å²) in [5, 5.41) is 0. The van der Waals surface area contributed by atoms with Crippen molar-refractivity contribution >= 4 is 10.0 Å². The Labute approximate surface area is 145 Å². The van der Waals surface area contributed by atoms with E-state index in [4.69, 9.17) is 0 Å². The first-order valence-electron chi connectivity index (χ1n) is 8.54. The van der Waals surface area contributed by atoms with Crippen LogP contribution in [0.15, 0.2) is 41.3 Å². The fourth-order valence-electron chi connectivity index (χ4n) is 3.46. The van der Waals surface area contributed by atoms with Gasteiger partial charge < -0.3 is 0 Å². The zero-order valence-corrected chi connectivity index (χ0v) is 15.5. The number of fused-ring (bicyclic) bond motifs is 1. The van der Waals surface area contributed by atoms with Gasteiger partial charge in [-0.2, -0.15) is 4.31 Å². The quantitative estimate of drug-likeness (QED) is 0.822. The molecular weight excluding hydrogens is 318 g/mol. The molecule has 24 heavy (non-hydrogen) atoms. The number of hydrogen-bond donors (Lipinski definition) is 0. The number of sulfonamides is 1. The minimum atomic E-state index is -3.45. The number of benzene rings is 2. The maximum atomic E-state index is 13.1. The van der Waals surface area contributed by atoms with Gasteiger partial charge in [-0.15, -0.1) is 0 Å². The highest BCUT2D eigenvalue weighted by molar-refractivity contribution is 7.89. The van der Waals surface area contributed by atoms with E-state index in [9.17, 15) is 8.42 Å². The van der Waals surface area contributed by atoms with Crippen molar-refractivity contribution < 1.29 is 8.42 Å². The van der Waals surface area contributed by atoms with Gasteiger partial charge in [-0.3, -0.25) is 0 Å². The molecule has 0 N–H and O–H groups in total. The van der Waals surface area contributed by atoms with Crippen LogP contribution in [0.3, 0.4) is 0 Å². The zero-order chi connectivity index (χ0) is 17.3. The van der Waals surface area contributed by atoms with Gasteiger partial charge in [0.15, 0.2) is 0 Å². The minimum Gasteiger partial charge on any atom is -0.207 e. The molecule has 0 unspecified atom stereocenters. The average Bonchev–Trinajstić information content (AvgIpc) is 2.49. The fourth-order valence-corrected chi connectivity index (χ4v) is 4.90. The molecule has 0 saturated heterocycles. The van der Waals surface area contributed by atoms with E-state index in [1.165, 1.54) is 22.3 Å². The Hall–Kier alpha value is -1.65. The molecule has 0 amide bonds. The molecule has 1 aliphatic heterocycles. The normalized spacial score (nSPS) is 16.3. The number of aryl methyl sites for hydroxylation is 4. The molecule has 0 radical (unpaired) electrons. The first-order valence-corrected chi connectivity index (χ1v) is 9.98. The summed E-state index contributed by atoms with van der Waals surface area (Å²) in [6.45, 7) is 7.21. The lowest BCUT2D eigenvalue weighted by Crippen LogP contribution is -2.33. The van der Waals surface area contributed by atoms with Crippen molar-refractivity contribution in [2.24, 2.45) is 0 Å². The minimum absolute atomic E-state index is 0.389. The zero-order valence-electron chi connectivity index (χ0n) is 14.7. The summed E-state index contributed by atoms with van der Waals surface area (Å²) in [5.74, 6) is 0. The highest BCUT2D eigenvalue weighted by Gasteiger charge is 2.26. The van der Waals surface area contributed by atoms with E-state index in [0.29, 0.717) is 18.0 Å². The molecule has 0 fully saturated rings. The van der Waals surface area contributed by atoms with Gasteiger partial charge >= 0.3 is 0 Å². The second kappa shape index (κ2) is 6.69. The van der Waals surface area contributed by atoms with Crippen molar-refractivity contribution in [3.8, 4) is 0 Å². The second-order valence-corrected chi connectivity index (χ2v) is 8.77. The van der Waals surface area contributed by atoms with E-state index in [1.54, 1.807) is 16.4 Å². The van der Waals surface area contributed by atoms with Crippen molar-refractivity contribution in [1.82, 2.24) is 4.31 Å². The monoisotopic (exact) mass is 343 g/mol. The molecule has 4 heteroatoms. The Morgan fingerprint density at radius 2 is 1.62 bits per heavy atom. The van der Waals surface area contributed by atoms with E-state index in [2.05, 4.69) is 26.0 Å². The van der Waals surface area contributed by atoms with E-state index < -0.39 is 10.0 Å². The van der Waals surface area contributed by atoms with Gasteiger partial charge in [0.25, 0.3) is 0 Å². The molecule has 0 bridgehead atoms. The van der Waals surface area contributed by atoms with E-state index in [1.807, 2.05) is 19.1 Å². The molecule has 0 atom stereocenters. The molecule has 0 spiro atoms. The molecule has 2 aromatic carbocycles. The van der Waals surface area contributed by atoms with Gasteiger partial charge in [0.2, 0.25) is 10.0 Å². The molecule has 2 aromatic rings. The fraction of sp³-hybridized carbons (Fsp3) is 0.400. The molecule has 0 aliphatic carbocycles. The van der Waals surface area contributed by atoms with Crippen LogP contribution >= 0.6 is 0 Å². The highest BCUT2D eigenvalue weighted by Crippen LogP contribution is 2.27. The van der Waals surface area contributed by atoms with Crippen LogP contribution < -0.4 is 0 Å². The molecule has 0 aromatic heterocycles. The van der Waals surface area contributed by atoms with Crippen LogP contribution in [-0.4, -0.2) is 19.3 Å². The topological polar surface area (TPSA) is 37.4 Å². The van der Waals surface area contributed by atoms with Crippen molar-refractivity contribution in [1.29, 1.82) is 0 Å². The van der Waals surface area contributed by atoms with Gasteiger partial charge in [-0.1, -0.05) is 35.4 Å². The standard InChI is InChI=1S/C20H25NO2S/c1-15-7-9-19(10-8-15)24(22,23)21-11-5-4-6-18-13-16(2)12-17(3)20(18)14-21/h7-10,12-13H,4-6,11,14H2,1-3H3. The van der Waals surface area contributed by atoms with E-state index in [-0.39, 0.29) is 0 Å². The van der Waals surface area contributed by atoms with Gasteiger partial charge in [0, 0.05) is 13.1 Å². The molecule has 128 valence electrons. The molecule has 1 aliphatic rings. The average molecular weight is 343 g/mol. The van der Waals surface area contributed by atoms with Crippen molar-refractivity contribution in [2.75, 3.05) is 6.54 Å². The number of rotatable bonds is 2. The SMILES string of the molecule is Cc1ccc(S(=O)(=O)N2CCCCc3cc(C)cc(C)c3C2)cc1. The predicted molar refractivity (Wildman–Crippen MR) is 97.6 cm³/mol. The Morgan fingerprint density at radius 3 is 2.33 bits per heavy atom. The lowest BCUT2D eigenvalue weighted by Gasteiger charge is -2.27. The summed E-state index contributed by atoms with van der Waals surface area (Å²) in [4.78, 5) is 0.389. The van der Waals surface area contributed by atoms with Crippen LogP contribution in [0.5, 0.6) is 0 Å². The maximum Gasteiger partial charge on any atom is 0.243 e. The lowest BCUT2D eigenvalue weighted by molar-refractivity contribution is 0.385. The van der Waals surface area contributed by atoms with Crippen molar-refractivity contribution in [3.05, 3.63) is 64.2 Å². The molecular formula is C20H25NO2S. The van der Waals surface area contributed by atoms with Crippen LogP contribution in [-0.2, 0) is 23.0 Å². The highest BCUT2D eigenvalue weighted by atomic mass is 32.2. The molecule has 3 rings (SSSR count). The second-order valence-electron chi connectivity index (χ2n) is 6.83. The van der Waals surface area contributed by atoms with E-state index in [0.717, 1.165) is 24.8 Å². The summed E-state index contributed by atoms with van der Waals surface area (Å²) in [6.07, 6.45) is 2.96. The van der Waals surface area contributed by atoms with E-state index >= 15 is 0 Å². The van der Waals surface area contributed by atoms with Gasteiger partial charge in [0.1, 0.15) is 0 Å². The van der Waals surface area contributed by atoms with Crippen LogP contribution in [0.2, 0.25) is 0 Å². The van der Waals surface area contributed by atoms with Crippen LogP contribution in [0, 0.1) is 20.8 Å². The van der Waals surface area contributed by atoms with Crippen molar-refractivity contribution in [3.63, 3.8) is 0 Å². The molecule has 0 saturated carbocycles. The summed E-state index contributed by atoms with van der Waals surface area (Å²) in [5.41, 5.74) is 5.99. The Bertz CT molecular complexity index is 839. The number of hydrogen-bond acceptors (Lipinski definition) is 2.